The van der Waals surface area contributed by atoms with Crippen molar-refractivity contribution in [1.29, 1.82) is 0 Å². The average molecular weight is 1380 g/mol. The standard InChI is InChI=1S/2C39H81N.4O.W/c2*1-4-7-10-13-16-19-22-25-28-31-34-37-40(38-35-32-29-26-23-20-17-14-11-8-5-2)39-36-33-30-27-24-21-18-15-12-9-6-3;;;;;/h2*4-39H2,1-3H3;;;;;/q;;;;2*-1;/p+2. The van der Waals surface area contributed by atoms with Crippen molar-refractivity contribution in [3.05, 3.63) is 0 Å². The zero-order valence-corrected chi connectivity index (χ0v) is 62.9. The van der Waals surface area contributed by atoms with Crippen LogP contribution in [0.15, 0.2) is 0 Å². The summed E-state index contributed by atoms with van der Waals surface area (Å²) in [5.74, 6) is 0. The first-order chi connectivity index (χ1) is 41.7. The Hall–Kier alpha value is 0.128. The molecule has 0 rings (SSSR count). The van der Waals surface area contributed by atoms with Crippen LogP contribution in [0.4, 0.5) is 0 Å². The van der Waals surface area contributed by atoms with Crippen molar-refractivity contribution in [3.8, 4) is 0 Å². The summed E-state index contributed by atoms with van der Waals surface area (Å²) in [5.41, 5.74) is 0. The van der Waals surface area contributed by atoms with Gasteiger partial charge in [-0.2, -0.15) is 0 Å². The fourth-order valence-corrected chi connectivity index (χ4v) is 13.0. The number of hydrogen-bond donors (Lipinski definition) is 2. The van der Waals surface area contributed by atoms with Gasteiger partial charge in [0, 0.05) is 0 Å². The van der Waals surface area contributed by atoms with Gasteiger partial charge in [0.2, 0.25) is 0 Å². The molecule has 0 heterocycles. The van der Waals surface area contributed by atoms with Crippen LogP contribution in [-0.2, 0) is 23.5 Å². The first-order valence-electron chi connectivity index (χ1n) is 40.0. The Morgan fingerprint density at radius 1 is 0.165 bits per heavy atom. The van der Waals surface area contributed by atoms with Crippen LogP contribution in [0.25, 0.3) is 0 Å². The molecule has 0 bridgehead atoms. The van der Waals surface area contributed by atoms with E-state index in [1.165, 1.54) is 463 Å². The number of nitrogens with one attached hydrogen (secondary N) is 2. The predicted octanol–water partition coefficient (Wildman–Crippen LogP) is 23.0. The van der Waals surface area contributed by atoms with Crippen molar-refractivity contribution in [1.82, 2.24) is 0 Å². The van der Waals surface area contributed by atoms with Gasteiger partial charge in [0.15, 0.2) is 0 Å². The molecule has 0 aliphatic carbocycles. The fourth-order valence-electron chi connectivity index (χ4n) is 13.0. The first kappa shape index (κ1) is 89.3. The SMILES string of the molecule is CCCCCCCCCCCCC[NH+](CCCCCCCCCCCCC)CCCCCCCCCCCCC.CCCCCCCCCCCCC[NH+](CCCCCCCCCCCCC)CCCCCCCCCCCCC.[O]=[W](=[O])([O-])[O-]. The molecule has 0 radical (unpaired) electrons. The summed E-state index contributed by atoms with van der Waals surface area (Å²) in [5, 5.41) is 0. The summed E-state index contributed by atoms with van der Waals surface area (Å²) in [6, 6.07) is 0. The fraction of sp³-hybridized carbons (Fsp3) is 1.00. The van der Waals surface area contributed by atoms with E-state index >= 15 is 0 Å². The van der Waals surface area contributed by atoms with Crippen molar-refractivity contribution >= 4 is 0 Å². The Bertz CT molecular complexity index is 1030. The van der Waals surface area contributed by atoms with Gasteiger partial charge in [-0.3, -0.25) is 0 Å². The number of unbranched alkanes of at least 4 members (excludes halogenated alkanes) is 60. The summed E-state index contributed by atoms with van der Waals surface area (Å²) in [6.07, 6.45) is 96.8. The van der Waals surface area contributed by atoms with E-state index in [-0.39, 0.29) is 0 Å². The van der Waals surface area contributed by atoms with Gasteiger partial charge in [-0.05, 0) is 77.0 Å². The van der Waals surface area contributed by atoms with Gasteiger partial charge < -0.3 is 9.80 Å². The second-order valence-electron chi connectivity index (χ2n) is 27.6. The van der Waals surface area contributed by atoms with E-state index in [1.807, 2.05) is 9.80 Å². The Labute approximate surface area is 542 Å². The molecule has 0 aliphatic heterocycles. The molecule has 0 fully saturated rings. The van der Waals surface area contributed by atoms with Crippen molar-refractivity contribution < 1.29 is 40.9 Å². The van der Waals surface area contributed by atoms with E-state index in [4.69, 9.17) is 14.3 Å². The van der Waals surface area contributed by atoms with Crippen LogP contribution in [0.5, 0.6) is 0 Å². The zero-order valence-electron chi connectivity index (χ0n) is 60.0. The molecule has 0 aliphatic rings. The molecule has 6 nitrogen and oxygen atoms in total. The number of hydrogen-bond acceptors (Lipinski definition) is 4. The van der Waals surface area contributed by atoms with Crippen LogP contribution >= 0.6 is 0 Å². The molecule has 0 aromatic carbocycles. The average Bonchev–Trinajstić information content (AvgIpc) is 3.48. The molecule has 0 atom stereocenters. The van der Waals surface area contributed by atoms with Crippen molar-refractivity contribution in [2.45, 2.75) is 465 Å². The van der Waals surface area contributed by atoms with Crippen LogP contribution in [0.2, 0.25) is 0 Å². The molecule has 0 unspecified atom stereocenters. The van der Waals surface area contributed by atoms with Crippen molar-refractivity contribution in [2.24, 2.45) is 0 Å². The molecule has 0 saturated carbocycles. The summed E-state index contributed by atoms with van der Waals surface area (Å²) in [6.45, 7) is 22.6. The molecule has 0 aromatic rings. The zero-order chi connectivity index (χ0) is 62.6. The van der Waals surface area contributed by atoms with E-state index < -0.39 is 16.7 Å². The molecule has 516 valence electrons. The van der Waals surface area contributed by atoms with Crippen LogP contribution in [0.1, 0.15) is 465 Å². The van der Waals surface area contributed by atoms with E-state index in [0.29, 0.717) is 0 Å². The van der Waals surface area contributed by atoms with Gasteiger partial charge in [0.05, 0.1) is 39.3 Å². The summed E-state index contributed by atoms with van der Waals surface area (Å²) < 4.78 is 34.6. The molecule has 85 heavy (non-hydrogen) atoms. The van der Waals surface area contributed by atoms with Gasteiger partial charge >= 0.3 is 31.1 Å². The van der Waals surface area contributed by atoms with E-state index in [9.17, 15) is 0 Å². The van der Waals surface area contributed by atoms with E-state index in [1.54, 1.807) is 0 Å². The third-order valence-electron chi connectivity index (χ3n) is 18.8. The molecule has 0 saturated heterocycles. The summed E-state index contributed by atoms with van der Waals surface area (Å²) >= 11 is -6.17. The molecule has 2 N–H and O–H groups in total. The van der Waals surface area contributed by atoms with Crippen LogP contribution in [0, 0.1) is 0 Å². The second-order valence-corrected chi connectivity index (χ2v) is 30.6. The van der Waals surface area contributed by atoms with Gasteiger partial charge in [-0.15, -0.1) is 0 Å². The normalized spacial score (nSPS) is 11.7. The monoisotopic (exact) mass is 1380 g/mol. The van der Waals surface area contributed by atoms with Crippen molar-refractivity contribution in [3.63, 3.8) is 0 Å². The molecular formula is C78H164N2O4W. The van der Waals surface area contributed by atoms with Gasteiger partial charge in [-0.25, -0.2) is 0 Å². The van der Waals surface area contributed by atoms with Crippen LogP contribution < -0.4 is 17.3 Å². The molecule has 0 amide bonds. The summed E-state index contributed by atoms with van der Waals surface area (Å²) in [7, 11) is 0. The Morgan fingerprint density at radius 3 is 0.318 bits per heavy atom. The third-order valence-corrected chi connectivity index (χ3v) is 18.8. The first-order valence-corrected chi connectivity index (χ1v) is 44.8. The van der Waals surface area contributed by atoms with Crippen LogP contribution in [0.3, 0.4) is 0 Å². The predicted molar refractivity (Wildman–Crippen MR) is 371 cm³/mol. The molecular weight excluding hydrogens is 1210 g/mol. The Morgan fingerprint density at radius 2 is 0.235 bits per heavy atom. The minimum atomic E-state index is -6.17. The summed E-state index contributed by atoms with van der Waals surface area (Å²) in [4.78, 5) is 3.89. The number of rotatable bonds is 72. The van der Waals surface area contributed by atoms with E-state index in [0.717, 1.165) is 0 Å². The Balaban J connectivity index is -0.00000146. The minimum absolute atomic E-state index is 1.37. The van der Waals surface area contributed by atoms with Crippen LogP contribution in [-0.4, -0.2) is 39.3 Å². The quantitative estimate of drug-likeness (QED) is 0.0594. The maximum atomic E-state index is 8.65. The maximum absolute atomic E-state index is 8.65. The second kappa shape index (κ2) is 82.1. The van der Waals surface area contributed by atoms with Crippen molar-refractivity contribution in [2.75, 3.05) is 39.3 Å². The van der Waals surface area contributed by atoms with E-state index in [2.05, 4.69) is 41.5 Å². The third kappa shape index (κ3) is 93.0. The Kier molecular flexibility index (Phi) is 86.3. The topological polar surface area (TPSA) is 89.1 Å². The molecule has 7 heteroatoms. The van der Waals surface area contributed by atoms with Gasteiger partial charge in [-0.1, -0.05) is 388 Å². The molecule has 0 aromatic heterocycles. The van der Waals surface area contributed by atoms with Gasteiger partial charge in [0.1, 0.15) is 0 Å². The van der Waals surface area contributed by atoms with Gasteiger partial charge in [0.25, 0.3) is 0 Å². The number of quaternary nitrogens is 2. The molecule has 0 spiro atoms.